The minimum atomic E-state index is 0.732. The second-order valence-electron chi connectivity index (χ2n) is 6.77. The first-order valence-electron chi connectivity index (χ1n) is 8.43. The van der Waals surface area contributed by atoms with E-state index in [1.54, 1.807) is 11.3 Å². The molecule has 4 heterocycles. The maximum Gasteiger partial charge on any atom is 0.107 e. The Kier molecular flexibility index (Phi) is 4.24. The molecule has 0 N–H and O–H groups in total. The highest BCUT2D eigenvalue weighted by atomic mass is 32.1. The first-order chi connectivity index (χ1) is 11.7. The molecule has 1 aliphatic rings. The summed E-state index contributed by atoms with van der Waals surface area (Å²) in [4.78, 5) is 3.83. The van der Waals surface area contributed by atoms with Crippen molar-refractivity contribution in [2.45, 2.75) is 19.4 Å². The van der Waals surface area contributed by atoms with E-state index in [9.17, 15) is 0 Å². The van der Waals surface area contributed by atoms with Crippen LogP contribution in [0.15, 0.2) is 36.1 Å². The summed E-state index contributed by atoms with van der Waals surface area (Å²) in [5, 5.41) is 11.1. The lowest BCUT2D eigenvalue weighted by atomic mass is 10.0. The van der Waals surface area contributed by atoms with Crippen molar-refractivity contribution in [1.82, 2.24) is 24.5 Å². The Hall–Kier alpha value is -1.92. The molecule has 6 heteroatoms. The van der Waals surface area contributed by atoms with Crippen molar-refractivity contribution in [3.05, 3.63) is 47.2 Å². The average Bonchev–Trinajstić information content (AvgIpc) is 3.29. The minimum Gasteiger partial charge on any atom is -0.299 e. The first-order valence-corrected chi connectivity index (χ1v) is 9.31. The number of nitrogens with zero attached hydrogens (tertiary/aromatic N) is 5. The Morgan fingerprint density at radius 1 is 1.25 bits per heavy atom. The van der Waals surface area contributed by atoms with Crippen molar-refractivity contribution in [3.8, 4) is 10.6 Å². The van der Waals surface area contributed by atoms with Crippen LogP contribution in [-0.2, 0) is 27.1 Å². The lowest BCUT2D eigenvalue weighted by Crippen LogP contribution is -2.20. The van der Waals surface area contributed by atoms with E-state index in [0.717, 1.165) is 31.1 Å². The fourth-order valence-electron chi connectivity index (χ4n) is 3.65. The fraction of sp³-hybridized carbons (Fsp3) is 0.444. The van der Waals surface area contributed by atoms with Gasteiger partial charge in [-0.15, -0.1) is 11.3 Å². The third-order valence-electron chi connectivity index (χ3n) is 4.71. The van der Waals surface area contributed by atoms with E-state index in [1.165, 1.54) is 29.0 Å². The molecule has 5 nitrogen and oxygen atoms in total. The molecule has 0 bridgehead atoms. The van der Waals surface area contributed by atoms with Gasteiger partial charge in [-0.3, -0.25) is 14.3 Å². The molecule has 4 rings (SSSR count). The van der Waals surface area contributed by atoms with E-state index in [-0.39, 0.29) is 0 Å². The zero-order chi connectivity index (χ0) is 16.5. The molecular formula is C18H23N5S. The quantitative estimate of drug-likeness (QED) is 0.716. The van der Waals surface area contributed by atoms with E-state index in [0.29, 0.717) is 0 Å². The molecule has 1 atom stereocenters. The van der Waals surface area contributed by atoms with Gasteiger partial charge in [0.05, 0.1) is 11.1 Å². The van der Waals surface area contributed by atoms with Crippen LogP contribution in [0.5, 0.6) is 0 Å². The third kappa shape index (κ3) is 3.30. The number of likely N-dealkylation sites (tertiary alicyclic amines) is 1. The lowest BCUT2D eigenvalue weighted by molar-refractivity contribution is 0.316. The van der Waals surface area contributed by atoms with Gasteiger partial charge in [-0.1, -0.05) is 6.07 Å². The highest BCUT2D eigenvalue weighted by molar-refractivity contribution is 7.13. The van der Waals surface area contributed by atoms with Crippen LogP contribution in [0.4, 0.5) is 0 Å². The number of rotatable bonds is 5. The zero-order valence-electron chi connectivity index (χ0n) is 14.2. The van der Waals surface area contributed by atoms with E-state index in [4.69, 9.17) is 0 Å². The van der Waals surface area contributed by atoms with Gasteiger partial charge >= 0.3 is 0 Å². The summed E-state index contributed by atoms with van der Waals surface area (Å²) in [6.07, 6.45) is 8.71. The van der Waals surface area contributed by atoms with Gasteiger partial charge in [0.2, 0.25) is 0 Å². The normalized spacial score (nSPS) is 18.5. The van der Waals surface area contributed by atoms with Crippen LogP contribution in [-0.4, -0.2) is 37.6 Å². The summed E-state index contributed by atoms with van der Waals surface area (Å²) >= 11 is 1.76. The topological polar surface area (TPSA) is 38.9 Å². The number of thiophene rings is 1. The summed E-state index contributed by atoms with van der Waals surface area (Å²) in [5.74, 6) is 0.732. The second-order valence-corrected chi connectivity index (χ2v) is 7.72. The molecular weight excluding hydrogens is 318 g/mol. The molecule has 0 aliphatic carbocycles. The van der Waals surface area contributed by atoms with Gasteiger partial charge in [0.15, 0.2) is 0 Å². The Balaban J connectivity index is 1.42. The Morgan fingerprint density at radius 2 is 2.17 bits per heavy atom. The monoisotopic (exact) mass is 341 g/mol. The van der Waals surface area contributed by atoms with Gasteiger partial charge in [-0.25, -0.2) is 0 Å². The Morgan fingerprint density at radius 3 is 2.92 bits per heavy atom. The highest BCUT2D eigenvalue weighted by Crippen LogP contribution is 2.29. The maximum atomic E-state index is 4.67. The molecule has 1 saturated heterocycles. The molecule has 0 aromatic carbocycles. The standard InChI is InChI=1S/C18H23N5S/c1-21-10-15(9-19-21)8-14-5-6-23(11-14)13-16-12-22(2)20-18(16)17-4-3-7-24-17/h3-4,7,9-10,12,14H,5-6,8,11,13H2,1-2H3/t14-/m1/s1. The molecule has 3 aromatic heterocycles. The summed E-state index contributed by atoms with van der Waals surface area (Å²) < 4.78 is 3.83. The van der Waals surface area contributed by atoms with Crippen molar-refractivity contribution in [2.75, 3.05) is 13.1 Å². The molecule has 0 radical (unpaired) electrons. The SMILES string of the molecule is Cn1cc(C[C@H]2CCN(Cc3cn(C)nc3-c3cccs3)C2)cn1. The predicted molar refractivity (Wildman–Crippen MR) is 96.8 cm³/mol. The van der Waals surface area contributed by atoms with Gasteiger partial charge in [-0.05, 0) is 42.3 Å². The van der Waals surface area contributed by atoms with Crippen molar-refractivity contribution < 1.29 is 0 Å². The summed E-state index contributed by atoms with van der Waals surface area (Å²) in [7, 11) is 3.99. The van der Waals surface area contributed by atoms with Crippen molar-refractivity contribution in [2.24, 2.45) is 20.0 Å². The van der Waals surface area contributed by atoms with Gasteiger partial charge in [0.25, 0.3) is 0 Å². The van der Waals surface area contributed by atoms with Crippen LogP contribution in [0.25, 0.3) is 10.6 Å². The van der Waals surface area contributed by atoms with Crippen LogP contribution in [0, 0.1) is 5.92 Å². The summed E-state index contributed by atoms with van der Waals surface area (Å²) in [6.45, 7) is 3.32. The van der Waals surface area contributed by atoms with Crippen LogP contribution >= 0.6 is 11.3 Å². The van der Waals surface area contributed by atoms with E-state index >= 15 is 0 Å². The molecule has 0 unspecified atom stereocenters. The van der Waals surface area contributed by atoms with E-state index in [1.807, 2.05) is 29.7 Å². The molecule has 3 aromatic rings. The molecule has 0 amide bonds. The zero-order valence-corrected chi connectivity index (χ0v) is 15.0. The van der Waals surface area contributed by atoms with E-state index in [2.05, 4.69) is 45.0 Å². The van der Waals surface area contributed by atoms with Gasteiger partial charge in [0, 0.05) is 45.1 Å². The minimum absolute atomic E-state index is 0.732. The molecule has 0 spiro atoms. The average molecular weight is 341 g/mol. The van der Waals surface area contributed by atoms with Gasteiger partial charge < -0.3 is 0 Å². The summed E-state index contributed by atoms with van der Waals surface area (Å²) in [6, 6.07) is 4.25. The first kappa shape index (κ1) is 15.6. The highest BCUT2D eigenvalue weighted by Gasteiger charge is 2.24. The van der Waals surface area contributed by atoms with Gasteiger partial charge in [0.1, 0.15) is 5.69 Å². The smallest absolute Gasteiger partial charge is 0.107 e. The second kappa shape index (κ2) is 6.53. The number of aromatic nitrogens is 4. The van der Waals surface area contributed by atoms with Crippen LogP contribution in [0.1, 0.15) is 17.5 Å². The molecule has 126 valence electrons. The van der Waals surface area contributed by atoms with Crippen LogP contribution in [0.3, 0.4) is 0 Å². The fourth-order valence-corrected chi connectivity index (χ4v) is 4.39. The van der Waals surface area contributed by atoms with Crippen molar-refractivity contribution in [3.63, 3.8) is 0 Å². The number of hydrogen-bond donors (Lipinski definition) is 0. The molecule has 0 saturated carbocycles. The maximum absolute atomic E-state index is 4.67. The Labute approximate surface area is 146 Å². The third-order valence-corrected chi connectivity index (χ3v) is 5.58. The molecule has 1 aliphatic heterocycles. The van der Waals surface area contributed by atoms with E-state index < -0.39 is 0 Å². The summed E-state index contributed by atoms with van der Waals surface area (Å²) in [5.41, 5.74) is 3.83. The molecule has 1 fully saturated rings. The number of hydrogen-bond acceptors (Lipinski definition) is 4. The van der Waals surface area contributed by atoms with Crippen LogP contribution < -0.4 is 0 Å². The Bertz CT molecular complexity index is 801. The van der Waals surface area contributed by atoms with Crippen LogP contribution in [0.2, 0.25) is 0 Å². The largest absolute Gasteiger partial charge is 0.299 e. The van der Waals surface area contributed by atoms with Crippen molar-refractivity contribution in [1.29, 1.82) is 0 Å². The molecule has 24 heavy (non-hydrogen) atoms. The van der Waals surface area contributed by atoms with Gasteiger partial charge in [-0.2, -0.15) is 10.2 Å². The number of aryl methyl sites for hydroxylation is 2. The van der Waals surface area contributed by atoms with Crippen molar-refractivity contribution >= 4 is 11.3 Å². The lowest BCUT2D eigenvalue weighted by Gasteiger charge is -2.15. The predicted octanol–water partition coefficient (Wildman–Crippen LogP) is 2.95.